The summed E-state index contributed by atoms with van der Waals surface area (Å²) in [5, 5.41) is 8.72. The molecule has 1 heterocycles. The van der Waals surface area contributed by atoms with Crippen LogP contribution in [0.1, 0.15) is 41.6 Å². The van der Waals surface area contributed by atoms with Gasteiger partial charge in [0, 0.05) is 19.8 Å². The van der Waals surface area contributed by atoms with E-state index in [1.54, 1.807) is 11.9 Å². The average molecular weight is 250 g/mol. The van der Waals surface area contributed by atoms with Gasteiger partial charge in [0.25, 0.3) is 5.91 Å². The van der Waals surface area contributed by atoms with Gasteiger partial charge in [-0.3, -0.25) is 4.79 Å². The Morgan fingerprint density at radius 3 is 2.33 bits per heavy atom. The smallest absolute Gasteiger partial charge is 0.354 e. The Balaban J connectivity index is 2.81. The molecule has 1 N–H and O–H groups in total. The minimum absolute atomic E-state index is 0.0127. The summed E-state index contributed by atoms with van der Waals surface area (Å²) in [5.41, 5.74) is 0.343. The van der Waals surface area contributed by atoms with Crippen molar-refractivity contribution in [1.29, 1.82) is 0 Å². The van der Waals surface area contributed by atoms with Gasteiger partial charge < -0.3 is 10.0 Å². The van der Waals surface area contributed by atoms with Crippen molar-refractivity contribution in [3.05, 3.63) is 29.6 Å². The van der Waals surface area contributed by atoms with Gasteiger partial charge >= 0.3 is 5.97 Å². The van der Waals surface area contributed by atoms with E-state index in [1.165, 1.54) is 18.3 Å². The Labute approximate surface area is 106 Å². The topological polar surface area (TPSA) is 70.5 Å². The summed E-state index contributed by atoms with van der Waals surface area (Å²) in [5.74, 6) is -1.26. The summed E-state index contributed by atoms with van der Waals surface area (Å²) >= 11 is 0. The summed E-state index contributed by atoms with van der Waals surface area (Å²) in [6.45, 7) is 6.75. The van der Waals surface area contributed by atoms with Gasteiger partial charge in [-0.1, -0.05) is 20.8 Å². The lowest BCUT2D eigenvalue weighted by molar-refractivity contribution is 0.0687. The normalized spacial score (nSPS) is 11.1. The van der Waals surface area contributed by atoms with Crippen molar-refractivity contribution in [2.24, 2.45) is 5.41 Å². The van der Waals surface area contributed by atoms with Crippen LogP contribution in [-0.4, -0.2) is 40.5 Å². The Morgan fingerprint density at radius 2 is 1.94 bits per heavy atom. The Morgan fingerprint density at radius 1 is 1.33 bits per heavy atom. The van der Waals surface area contributed by atoms with Crippen LogP contribution < -0.4 is 0 Å². The second kappa shape index (κ2) is 5.16. The van der Waals surface area contributed by atoms with Crippen LogP contribution >= 0.6 is 0 Å². The molecule has 0 saturated carbocycles. The SMILES string of the molecule is CN(CC(C)(C)C)C(=O)c1ccc(C(=O)O)nc1. The van der Waals surface area contributed by atoms with E-state index in [0.717, 1.165) is 0 Å². The van der Waals surface area contributed by atoms with Crippen molar-refractivity contribution in [2.45, 2.75) is 20.8 Å². The third-order valence-corrected chi connectivity index (χ3v) is 2.29. The number of rotatable bonds is 3. The second-order valence-electron chi connectivity index (χ2n) is 5.46. The quantitative estimate of drug-likeness (QED) is 0.889. The summed E-state index contributed by atoms with van der Waals surface area (Å²) in [7, 11) is 1.72. The number of hydrogen-bond acceptors (Lipinski definition) is 3. The molecule has 0 radical (unpaired) electrons. The number of pyridine rings is 1. The highest BCUT2D eigenvalue weighted by atomic mass is 16.4. The molecule has 5 nitrogen and oxygen atoms in total. The van der Waals surface area contributed by atoms with Crippen molar-refractivity contribution in [3.63, 3.8) is 0 Å². The molecular weight excluding hydrogens is 232 g/mol. The highest BCUT2D eigenvalue weighted by molar-refractivity contribution is 5.94. The zero-order valence-electron chi connectivity index (χ0n) is 11.1. The van der Waals surface area contributed by atoms with Crippen LogP contribution in [-0.2, 0) is 0 Å². The van der Waals surface area contributed by atoms with E-state index in [2.05, 4.69) is 4.98 Å². The minimum Gasteiger partial charge on any atom is -0.477 e. The van der Waals surface area contributed by atoms with Crippen LogP contribution in [0.5, 0.6) is 0 Å². The van der Waals surface area contributed by atoms with E-state index in [4.69, 9.17) is 5.11 Å². The van der Waals surface area contributed by atoms with Crippen LogP contribution in [0.3, 0.4) is 0 Å². The van der Waals surface area contributed by atoms with Crippen molar-refractivity contribution < 1.29 is 14.7 Å². The molecule has 0 aliphatic carbocycles. The lowest BCUT2D eigenvalue weighted by atomic mass is 9.96. The van der Waals surface area contributed by atoms with Gasteiger partial charge in [-0.15, -0.1) is 0 Å². The van der Waals surface area contributed by atoms with Gasteiger partial charge in [-0.25, -0.2) is 9.78 Å². The van der Waals surface area contributed by atoms with Crippen LogP contribution in [0.15, 0.2) is 18.3 Å². The number of aromatic nitrogens is 1. The largest absolute Gasteiger partial charge is 0.477 e. The molecule has 0 aromatic carbocycles. The second-order valence-corrected chi connectivity index (χ2v) is 5.46. The van der Waals surface area contributed by atoms with E-state index < -0.39 is 5.97 Å². The van der Waals surface area contributed by atoms with Crippen LogP contribution in [0.4, 0.5) is 0 Å². The molecule has 1 aromatic heterocycles. The molecule has 0 atom stereocenters. The third-order valence-electron chi connectivity index (χ3n) is 2.29. The van der Waals surface area contributed by atoms with Crippen molar-refractivity contribution in [2.75, 3.05) is 13.6 Å². The van der Waals surface area contributed by atoms with E-state index in [-0.39, 0.29) is 17.0 Å². The molecule has 0 spiro atoms. The number of aromatic carboxylic acids is 1. The molecule has 0 saturated heterocycles. The lowest BCUT2D eigenvalue weighted by Gasteiger charge is -2.26. The fourth-order valence-electron chi connectivity index (χ4n) is 1.65. The minimum atomic E-state index is -1.10. The summed E-state index contributed by atoms with van der Waals surface area (Å²) in [4.78, 5) is 28.0. The van der Waals surface area contributed by atoms with Crippen molar-refractivity contribution in [1.82, 2.24) is 9.88 Å². The third kappa shape index (κ3) is 3.84. The average Bonchev–Trinajstić information content (AvgIpc) is 2.26. The summed E-state index contributed by atoms with van der Waals surface area (Å²) < 4.78 is 0. The number of amides is 1. The van der Waals surface area contributed by atoms with Gasteiger partial charge in [0.2, 0.25) is 0 Å². The maximum Gasteiger partial charge on any atom is 0.354 e. The number of nitrogens with zero attached hydrogens (tertiary/aromatic N) is 2. The Bertz CT molecular complexity index is 446. The predicted molar refractivity (Wildman–Crippen MR) is 67.6 cm³/mol. The van der Waals surface area contributed by atoms with Gasteiger partial charge in [-0.05, 0) is 17.5 Å². The highest BCUT2D eigenvalue weighted by Crippen LogP contribution is 2.15. The molecule has 1 aromatic rings. The molecule has 0 bridgehead atoms. The molecular formula is C13H18N2O3. The molecule has 0 aliphatic rings. The van der Waals surface area contributed by atoms with Crippen LogP contribution in [0.25, 0.3) is 0 Å². The molecule has 1 rings (SSSR count). The standard InChI is InChI=1S/C13H18N2O3/c1-13(2,3)8-15(4)11(16)9-5-6-10(12(17)18)14-7-9/h5-7H,8H2,1-4H3,(H,17,18). The predicted octanol–water partition coefficient (Wildman–Crippen LogP) is 1.90. The fraction of sp³-hybridized carbons (Fsp3) is 0.462. The molecule has 0 aliphatic heterocycles. The van der Waals surface area contributed by atoms with Gasteiger partial charge in [0.1, 0.15) is 5.69 Å². The van der Waals surface area contributed by atoms with Crippen molar-refractivity contribution in [3.8, 4) is 0 Å². The summed E-state index contributed by atoms with van der Waals surface area (Å²) in [6, 6.07) is 2.82. The first kappa shape index (κ1) is 14.2. The Hall–Kier alpha value is -1.91. The van der Waals surface area contributed by atoms with Gasteiger partial charge in [0.15, 0.2) is 0 Å². The van der Waals surface area contributed by atoms with E-state index in [0.29, 0.717) is 12.1 Å². The molecule has 98 valence electrons. The molecule has 0 fully saturated rings. The number of hydrogen-bond donors (Lipinski definition) is 1. The molecule has 18 heavy (non-hydrogen) atoms. The van der Waals surface area contributed by atoms with Crippen LogP contribution in [0.2, 0.25) is 0 Å². The van der Waals surface area contributed by atoms with Gasteiger partial charge in [-0.2, -0.15) is 0 Å². The molecule has 1 amide bonds. The monoisotopic (exact) mass is 250 g/mol. The Kier molecular flexibility index (Phi) is 4.06. The zero-order valence-corrected chi connectivity index (χ0v) is 11.1. The number of carbonyl (C=O) groups excluding carboxylic acids is 1. The number of carboxylic acids is 1. The zero-order chi connectivity index (χ0) is 13.9. The first-order valence-electron chi connectivity index (χ1n) is 5.65. The maximum atomic E-state index is 12.0. The lowest BCUT2D eigenvalue weighted by Crippen LogP contribution is -2.34. The first-order chi connectivity index (χ1) is 8.20. The molecule has 0 unspecified atom stereocenters. The number of carbonyl (C=O) groups is 2. The maximum absolute atomic E-state index is 12.0. The number of carboxylic acid groups (broad SMARTS) is 1. The van der Waals surface area contributed by atoms with E-state index in [1.807, 2.05) is 20.8 Å². The molecule has 5 heteroatoms. The van der Waals surface area contributed by atoms with Crippen LogP contribution in [0, 0.1) is 5.41 Å². The van der Waals surface area contributed by atoms with Crippen molar-refractivity contribution >= 4 is 11.9 Å². The van der Waals surface area contributed by atoms with Gasteiger partial charge in [0.05, 0.1) is 5.56 Å². The van der Waals surface area contributed by atoms with E-state index in [9.17, 15) is 9.59 Å². The fourth-order valence-corrected chi connectivity index (χ4v) is 1.65. The highest BCUT2D eigenvalue weighted by Gasteiger charge is 2.19. The first-order valence-corrected chi connectivity index (χ1v) is 5.65. The summed E-state index contributed by atoms with van der Waals surface area (Å²) in [6.07, 6.45) is 1.30. The van der Waals surface area contributed by atoms with E-state index >= 15 is 0 Å².